The lowest BCUT2D eigenvalue weighted by Crippen LogP contribution is -2.27. The molecule has 17 heavy (non-hydrogen) atoms. The largest absolute Gasteiger partial charge is 0.260 e. The molecule has 0 aliphatic heterocycles. The second-order valence-electron chi connectivity index (χ2n) is 3.43. The zero-order valence-electron chi connectivity index (χ0n) is 9.34. The summed E-state index contributed by atoms with van der Waals surface area (Å²) in [6.45, 7) is 2.06. The minimum Gasteiger partial charge on any atom is -0.260 e. The molecule has 1 rings (SSSR count). The Morgan fingerprint density at radius 2 is 2.29 bits per heavy atom. The lowest BCUT2D eigenvalue weighted by atomic mass is 10.3. The van der Waals surface area contributed by atoms with Gasteiger partial charge in [-0.05, 0) is 6.42 Å². The van der Waals surface area contributed by atoms with Crippen molar-refractivity contribution in [3.05, 3.63) is 10.7 Å². The second kappa shape index (κ2) is 6.24. The number of rotatable bonds is 6. The van der Waals surface area contributed by atoms with E-state index in [1.54, 1.807) is 6.26 Å². The van der Waals surface area contributed by atoms with Gasteiger partial charge in [0.1, 0.15) is 0 Å². The minimum absolute atomic E-state index is 0.0391. The first-order valence-electron chi connectivity index (χ1n) is 4.76. The number of hydrogen-bond acceptors (Lipinski definition) is 5. The molecule has 9 heteroatoms. The third-order valence-electron chi connectivity index (χ3n) is 2.13. The molecule has 0 saturated heterocycles. The van der Waals surface area contributed by atoms with E-state index in [1.165, 1.54) is 6.20 Å². The Morgan fingerprint density at radius 3 is 2.76 bits per heavy atom. The molecule has 0 radical (unpaired) electrons. The molecule has 1 heterocycles. The van der Waals surface area contributed by atoms with Crippen molar-refractivity contribution in [1.82, 2.24) is 9.71 Å². The van der Waals surface area contributed by atoms with Crippen LogP contribution in [0, 0.1) is 0 Å². The number of sulfonamides is 1. The first kappa shape index (κ1) is 15.0. The van der Waals surface area contributed by atoms with Gasteiger partial charge in [-0.25, -0.2) is 18.1 Å². The van der Waals surface area contributed by atoms with Gasteiger partial charge in [0.2, 0.25) is 0 Å². The Morgan fingerprint density at radius 1 is 1.65 bits per heavy atom. The quantitative estimate of drug-likeness (QED) is 0.856. The molecule has 0 aromatic carbocycles. The number of nitrogens with one attached hydrogen (secondary N) is 1. The smallest absolute Gasteiger partial charge is 0.251 e. The molecule has 2 atom stereocenters. The molecule has 0 aliphatic rings. The van der Waals surface area contributed by atoms with Crippen LogP contribution in [-0.2, 0) is 20.8 Å². The molecule has 2 unspecified atom stereocenters. The molecule has 0 aliphatic carbocycles. The highest BCUT2D eigenvalue weighted by Crippen LogP contribution is 2.21. The van der Waals surface area contributed by atoms with Gasteiger partial charge in [0.15, 0.2) is 8.68 Å². The van der Waals surface area contributed by atoms with Gasteiger partial charge in [0, 0.05) is 28.9 Å². The van der Waals surface area contributed by atoms with Crippen molar-refractivity contribution in [2.45, 2.75) is 22.8 Å². The van der Waals surface area contributed by atoms with Gasteiger partial charge in [0.05, 0.1) is 6.20 Å². The van der Waals surface area contributed by atoms with E-state index >= 15 is 0 Å². The average Bonchev–Trinajstić information content (AvgIpc) is 2.65. The maximum absolute atomic E-state index is 11.7. The highest BCUT2D eigenvalue weighted by Gasteiger charge is 2.17. The molecule has 1 aromatic rings. The molecule has 0 saturated carbocycles. The van der Waals surface area contributed by atoms with Gasteiger partial charge >= 0.3 is 0 Å². The van der Waals surface area contributed by atoms with Crippen LogP contribution in [0.2, 0.25) is 4.47 Å². The second-order valence-corrected chi connectivity index (χ2v) is 8.84. The van der Waals surface area contributed by atoms with Crippen LogP contribution in [0.3, 0.4) is 0 Å². The fraction of sp³-hybridized carbons (Fsp3) is 0.625. The van der Waals surface area contributed by atoms with Crippen LogP contribution in [0.15, 0.2) is 10.4 Å². The van der Waals surface area contributed by atoms with Crippen LogP contribution in [0.5, 0.6) is 0 Å². The van der Waals surface area contributed by atoms with Crippen LogP contribution in [-0.4, -0.2) is 35.7 Å². The normalized spacial score (nSPS) is 15.7. The van der Waals surface area contributed by atoms with E-state index in [0.717, 1.165) is 11.3 Å². The number of halogens is 1. The Kier molecular flexibility index (Phi) is 5.52. The molecule has 0 spiro atoms. The van der Waals surface area contributed by atoms with E-state index in [2.05, 4.69) is 9.71 Å². The monoisotopic (exact) mass is 316 g/mol. The van der Waals surface area contributed by atoms with Gasteiger partial charge in [0.25, 0.3) is 10.0 Å². The van der Waals surface area contributed by atoms with Gasteiger partial charge in [-0.3, -0.25) is 4.21 Å². The Bertz CT molecular complexity index is 500. The standard InChI is InChI=1S/C8H13ClN2O3S3/c1-6(16(2)12)3-4-11-17(13,14)7-5-10-8(9)15-7/h5-6,11H,3-4H2,1-2H3. The summed E-state index contributed by atoms with van der Waals surface area (Å²) in [7, 11) is -4.48. The van der Waals surface area contributed by atoms with Crippen LogP contribution in [0.1, 0.15) is 13.3 Å². The lowest BCUT2D eigenvalue weighted by molar-refractivity contribution is 0.580. The van der Waals surface area contributed by atoms with Crippen molar-refractivity contribution in [3.63, 3.8) is 0 Å². The average molecular weight is 317 g/mol. The van der Waals surface area contributed by atoms with Crippen LogP contribution < -0.4 is 4.72 Å². The highest BCUT2D eigenvalue weighted by molar-refractivity contribution is 7.91. The predicted octanol–water partition coefficient (Wildman–Crippen LogP) is 1.23. The molecule has 98 valence electrons. The summed E-state index contributed by atoms with van der Waals surface area (Å²) in [5.41, 5.74) is 0. The predicted molar refractivity (Wildman–Crippen MR) is 70.5 cm³/mol. The first-order valence-corrected chi connectivity index (χ1v) is 9.06. The number of hydrogen-bond donors (Lipinski definition) is 1. The number of thiazole rings is 1. The summed E-state index contributed by atoms with van der Waals surface area (Å²) < 4.78 is 37.2. The number of aromatic nitrogens is 1. The first-order chi connectivity index (χ1) is 7.83. The van der Waals surface area contributed by atoms with Crippen molar-refractivity contribution in [3.8, 4) is 0 Å². The van der Waals surface area contributed by atoms with E-state index in [0.29, 0.717) is 6.42 Å². The fourth-order valence-corrected chi connectivity index (χ4v) is 3.83. The van der Waals surface area contributed by atoms with E-state index in [-0.39, 0.29) is 20.5 Å². The number of nitrogens with zero attached hydrogens (tertiary/aromatic N) is 1. The molecule has 1 N–H and O–H groups in total. The van der Waals surface area contributed by atoms with E-state index in [4.69, 9.17) is 11.6 Å². The van der Waals surface area contributed by atoms with Gasteiger partial charge in [-0.1, -0.05) is 29.9 Å². The zero-order chi connectivity index (χ0) is 13.1. The molecule has 1 aromatic heterocycles. The SMILES string of the molecule is CC(CCNS(=O)(=O)c1cnc(Cl)s1)S(C)=O. The summed E-state index contributed by atoms with van der Waals surface area (Å²) in [5, 5.41) is -0.0391. The Hall–Kier alpha value is -0.0200. The van der Waals surface area contributed by atoms with Crippen molar-refractivity contribution < 1.29 is 12.6 Å². The van der Waals surface area contributed by atoms with E-state index in [9.17, 15) is 12.6 Å². The summed E-state index contributed by atoms with van der Waals surface area (Å²) in [4.78, 5) is 3.67. The molecule has 0 bridgehead atoms. The van der Waals surface area contributed by atoms with Crippen molar-refractivity contribution in [2.24, 2.45) is 0 Å². The Balaban J connectivity index is 2.54. The highest BCUT2D eigenvalue weighted by atomic mass is 35.5. The molecule has 0 fully saturated rings. The van der Waals surface area contributed by atoms with E-state index < -0.39 is 20.8 Å². The summed E-state index contributed by atoms with van der Waals surface area (Å²) in [6, 6.07) is 0. The summed E-state index contributed by atoms with van der Waals surface area (Å²) in [5.74, 6) is 0. The van der Waals surface area contributed by atoms with Crippen molar-refractivity contribution in [1.29, 1.82) is 0 Å². The van der Waals surface area contributed by atoms with Crippen molar-refractivity contribution >= 4 is 43.8 Å². The fourth-order valence-electron chi connectivity index (χ4n) is 0.997. The van der Waals surface area contributed by atoms with Gasteiger partial charge < -0.3 is 0 Å². The third-order valence-corrected chi connectivity index (χ3v) is 6.54. The molecular weight excluding hydrogens is 304 g/mol. The molecule has 0 amide bonds. The van der Waals surface area contributed by atoms with Gasteiger partial charge in [-0.15, -0.1) is 0 Å². The minimum atomic E-state index is -3.54. The lowest BCUT2D eigenvalue weighted by Gasteiger charge is -2.08. The maximum Gasteiger partial charge on any atom is 0.251 e. The van der Waals surface area contributed by atoms with Crippen LogP contribution >= 0.6 is 22.9 Å². The van der Waals surface area contributed by atoms with Gasteiger partial charge in [-0.2, -0.15) is 0 Å². The van der Waals surface area contributed by atoms with Crippen molar-refractivity contribution in [2.75, 3.05) is 12.8 Å². The Labute approximate surface area is 112 Å². The maximum atomic E-state index is 11.7. The third kappa shape index (κ3) is 4.63. The summed E-state index contributed by atoms with van der Waals surface area (Å²) in [6.07, 6.45) is 3.34. The molecular formula is C8H13ClN2O3S3. The summed E-state index contributed by atoms with van der Waals surface area (Å²) >= 11 is 6.47. The van der Waals surface area contributed by atoms with E-state index in [1.807, 2.05) is 6.92 Å². The topological polar surface area (TPSA) is 76.1 Å². The van der Waals surface area contributed by atoms with Crippen LogP contribution in [0.4, 0.5) is 0 Å². The van der Waals surface area contributed by atoms with Crippen LogP contribution in [0.25, 0.3) is 0 Å². The molecule has 5 nitrogen and oxygen atoms in total. The zero-order valence-corrected chi connectivity index (χ0v) is 12.5.